The zero-order chi connectivity index (χ0) is 6.69. The van der Waals surface area contributed by atoms with Crippen LogP contribution in [0.15, 0.2) is 27.8 Å². The van der Waals surface area contributed by atoms with Crippen molar-refractivity contribution in [3.05, 3.63) is 22.7 Å². The van der Waals surface area contributed by atoms with Gasteiger partial charge < -0.3 is 5.84 Å². The summed E-state index contributed by atoms with van der Waals surface area (Å²) in [5, 5.41) is 3.55. The molecule has 0 aromatic carbocycles. The van der Waals surface area contributed by atoms with E-state index in [9.17, 15) is 0 Å². The van der Waals surface area contributed by atoms with E-state index in [4.69, 9.17) is 5.84 Å². The number of rotatable bonds is 0. The summed E-state index contributed by atoms with van der Waals surface area (Å²) in [5.74, 6) is 5.04. The highest BCUT2D eigenvalue weighted by Gasteiger charge is 1.97. The van der Waals surface area contributed by atoms with Crippen molar-refractivity contribution in [1.82, 2.24) is 0 Å². The molecule has 48 valence electrons. The second-order valence-electron chi connectivity index (χ2n) is 1.75. The predicted molar refractivity (Wildman–Crippen MR) is 42.4 cm³/mol. The van der Waals surface area contributed by atoms with Crippen molar-refractivity contribution in [2.24, 2.45) is 10.9 Å². The van der Waals surface area contributed by atoms with Crippen LogP contribution in [0.3, 0.4) is 0 Å². The van der Waals surface area contributed by atoms with E-state index in [2.05, 4.69) is 21.0 Å². The van der Waals surface area contributed by atoms with Crippen molar-refractivity contribution in [3.63, 3.8) is 0 Å². The summed E-state index contributed by atoms with van der Waals surface area (Å²) in [6, 6.07) is 0. The highest BCUT2D eigenvalue weighted by Crippen LogP contribution is 2.12. The Morgan fingerprint density at radius 3 is 2.78 bits per heavy atom. The minimum absolute atomic E-state index is 0.827. The highest BCUT2D eigenvalue weighted by atomic mass is 79.9. The van der Waals surface area contributed by atoms with Gasteiger partial charge in [-0.3, -0.25) is 0 Å². The number of nitrogens with two attached hydrogens (primary N) is 1. The van der Waals surface area contributed by atoms with Crippen LogP contribution in [0.2, 0.25) is 0 Å². The van der Waals surface area contributed by atoms with E-state index in [0.29, 0.717) is 0 Å². The molecule has 0 unspecified atom stereocenters. The Balaban J connectivity index is 2.70. The standard InChI is InChI=1S/C6H7BrN2/c7-5-1-3-6(9-8)4-2-5/h1-3H,4,8H2/b9-6-. The van der Waals surface area contributed by atoms with Crippen LogP contribution in [-0.2, 0) is 0 Å². The normalized spacial score (nSPS) is 22.3. The molecule has 0 aromatic rings. The minimum atomic E-state index is 0.827. The Hall–Kier alpha value is -0.570. The van der Waals surface area contributed by atoms with Crippen LogP contribution < -0.4 is 5.84 Å². The fourth-order valence-corrected chi connectivity index (χ4v) is 0.904. The molecule has 0 amide bonds. The highest BCUT2D eigenvalue weighted by molar-refractivity contribution is 9.11. The molecule has 0 atom stereocenters. The molecule has 1 rings (SSSR count). The maximum atomic E-state index is 5.04. The van der Waals surface area contributed by atoms with Gasteiger partial charge in [0.1, 0.15) is 0 Å². The van der Waals surface area contributed by atoms with E-state index in [0.717, 1.165) is 16.6 Å². The van der Waals surface area contributed by atoms with Gasteiger partial charge in [0.05, 0.1) is 5.71 Å². The average Bonchev–Trinajstić information content (AvgIpc) is 1.90. The zero-order valence-electron chi connectivity index (χ0n) is 4.84. The SMILES string of the molecule is N/N=C1/C=CC(Br)=CC1. The van der Waals surface area contributed by atoms with Gasteiger partial charge in [0.15, 0.2) is 0 Å². The van der Waals surface area contributed by atoms with Crippen LogP contribution in [0, 0.1) is 0 Å². The number of allylic oxidation sites excluding steroid dienone is 4. The number of hydrogen-bond donors (Lipinski definition) is 1. The summed E-state index contributed by atoms with van der Waals surface area (Å²) >= 11 is 3.32. The average molecular weight is 187 g/mol. The van der Waals surface area contributed by atoms with Gasteiger partial charge >= 0.3 is 0 Å². The maximum Gasteiger partial charge on any atom is 0.0639 e. The lowest BCUT2D eigenvalue weighted by Gasteiger charge is -1.99. The first-order chi connectivity index (χ1) is 4.33. The smallest absolute Gasteiger partial charge is 0.0639 e. The Morgan fingerprint density at radius 2 is 2.33 bits per heavy atom. The maximum absolute atomic E-state index is 5.04. The molecule has 9 heavy (non-hydrogen) atoms. The van der Waals surface area contributed by atoms with Crippen LogP contribution in [0.1, 0.15) is 6.42 Å². The van der Waals surface area contributed by atoms with Gasteiger partial charge in [-0.15, -0.1) is 0 Å². The first-order valence-corrected chi connectivity index (χ1v) is 3.42. The topological polar surface area (TPSA) is 38.4 Å². The molecule has 2 nitrogen and oxygen atoms in total. The lowest BCUT2D eigenvalue weighted by molar-refractivity contribution is 1.22. The zero-order valence-corrected chi connectivity index (χ0v) is 6.43. The van der Waals surface area contributed by atoms with Crippen LogP contribution in [0.25, 0.3) is 0 Å². The van der Waals surface area contributed by atoms with Crippen LogP contribution >= 0.6 is 15.9 Å². The van der Waals surface area contributed by atoms with E-state index >= 15 is 0 Å². The van der Waals surface area contributed by atoms with Crippen LogP contribution in [0.5, 0.6) is 0 Å². The van der Waals surface area contributed by atoms with Gasteiger partial charge in [-0.05, 0) is 12.2 Å². The van der Waals surface area contributed by atoms with Gasteiger partial charge in [-0.25, -0.2) is 0 Å². The molecular weight excluding hydrogens is 180 g/mol. The molecule has 0 radical (unpaired) electrons. The van der Waals surface area contributed by atoms with Gasteiger partial charge in [0.25, 0.3) is 0 Å². The Labute approximate surface area is 62.3 Å². The first kappa shape index (κ1) is 6.55. The van der Waals surface area contributed by atoms with Crippen molar-refractivity contribution < 1.29 is 0 Å². The molecule has 0 fully saturated rings. The number of nitrogens with zero attached hydrogens (tertiary/aromatic N) is 1. The van der Waals surface area contributed by atoms with Gasteiger partial charge in [0, 0.05) is 10.9 Å². The van der Waals surface area contributed by atoms with E-state index in [-0.39, 0.29) is 0 Å². The number of hydrogen-bond acceptors (Lipinski definition) is 2. The quantitative estimate of drug-likeness (QED) is 0.453. The predicted octanol–water partition coefficient (Wildman–Crippen LogP) is 1.54. The Kier molecular flexibility index (Phi) is 2.05. The minimum Gasteiger partial charge on any atom is -0.323 e. The molecule has 0 saturated carbocycles. The van der Waals surface area contributed by atoms with E-state index in [1.165, 1.54) is 0 Å². The molecule has 3 heteroatoms. The summed E-state index contributed by atoms with van der Waals surface area (Å²) in [5.41, 5.74) is 0.915. The third kappa shape index (κ3) is 1.68. The molecular formula is C6H7BrN2. The molecule has 1 aliphatic carbocycles. The van der Waals surface area contributed by atoms with E-state index in [1.807, 2.05) is 18.2 Å². The number of halogens is 1. The Morgan fingerprint density at radius 1 is 1.56 bits per heavy atom. The fraction of sp³-hybridized carbons (Fsp3) is 0.167. The van der Waals surface area contributed by atoms with Gasteiger partial charge in [-0.2, -0.15) is 5.10 Å². The van der Waals surface area contributed by atoms with Crippen LogP contribution in [0.4, 0.5) is 0 Å². The molecule has 0 saturated heterocycles. The van der Waals surface area contributed by atoms with Crippen molar-refractivity contribution in [1.29, 1.82) is 0 Å². The Bertz CT molecular complexity index is 191. The number of hydrazone groups is 1. The molecule has 1 aliphatic rings. The largest absolute Gasteiger partial charge is 0.323 e. The lowest BCUT2D eigenvalue weighted by Crippen LogP contribution is -1.99. The van der Waals surface area contributed by atoms with Gasteiger partial charge in [0.2, 0.25) is 0 Å². The second-order valence-corrected chi connectivity index (χ2v) is 2.66. The van der Waals surface area contributed by atoms with E-state index in [1.54, 1.807) is 0 Å². The van der Waals surface area contributed by atoms with Crippen molar-refractivity contribution >= 4 is 21.6 Å². The summed E-state index contributed by atoms with van der Waals surface area (Å²) < 4.78 is 1.09. The van der Waals surface area contributed by atoms with Crippen LogP contribution in [-0.4, -0.2) is 5.71 Å². The monoisotopic (exact) mass is 186 g/mol. The van der Waals surface area contributed by atoms with Gasteiger partial charge in [-0.1, -0.05) is 22.0 Å². The molecule has 0 aliphatic heterocycles. The summed E-state index contributed by atoms with van der Waals surface area (Å²) in [6.45, 7) is 0. The summed E-state index contributed by atoms with van der Waals surface area (Å²) in [7, 11) is 0. The van der Waals surface area contributed by atoms with Crippen molar-refractivity contribution in [3.8, 4) is 0 Å². The molecule has 0 aromatic heterocycles. The lowest BCUT2D eigenvalue weighted by atomic mass is 10.2. The molecule has 2 N–H and O–H groups in total. The third-order valence-electron chi connectivity index (χ3n) is 1.11. The first-order valence-electron chi connectivity index (χ1n) is 2.63. The third-order valence-corrected chi connectivity index (χ3v) is 1.70. The van der Waals surface area contributed by atoms with Crippen molar-refractivity contribution in [2.45, 2.75) is 6.42 Å². The fourth-order valence-electron chi connectivity index (χ4n) is 0.610. The molecule has 0 heterocycles. The van der Waals surface area contributed by atoms with Crippen molar-refractivity contribution in [2.75, 3.05) is 0 Å². The van der Waals surface area contributed by atoms with E-state index < -0.39 is 0 Å². The molecule has 0 bridgehead atoms. The summed E-state index contributed by atoms with van der Waals surface area (Å²) in [6.07, 6.45) is 6.67. The summed E-state index contributed by atoms with van der Waals surface area (Å²) in [4.78, 5) is 0. The second kappa shape index (κ2) is 2.82. The molecule has 0 spiro atoms.